The van der Waals surface area contributed by atoms with Crippen molar-refractivity contribution >= 4 is 23.2 Å². The number of hydrogen-bond donors (Lipinski definition) is 1. The number of carbonyl (C=O) groups is 1. The molecule has 0 spiro atoms. The van der Waals surface area contributed by atoms with Crippen LogP contribution in [-0.4, -0.2) is 62.8 Å². The topological polar surface area (TPSA) is 44.8 Å². The highest BCUT2D eigenvalue weighted by Gasteiger charge is 2.19. The maximum absolute atomic E-state index is 12.6. The second-order valence-electron chi connectivity index (χ2n) is 7.00. The Hall–Kier alpha value is -1.30. The van der Waals surface area contributed by atoms with E-state index in [1.54, 1.807) is 0 Å². The van der Waals surface area contributed by atoms with Crippen molar-refractivity contribution < 1.29 is 9.53 Å². The highest BCUT2D eigenvalue weighted by atomic mass is 35.5. The molecule has 0 aromatic heterocycles. The number of benzene rings is 1. The first kappa shape index (κ1) is 18.5. The molecule has 1 aromatic carbocycles. The SMILES string of the molecule is C[C@H](CN1CCOCC1)NC(=O)c1ccc(Cl)c(N2CCCCC2)c1. The molecule has 0 unspecified atom stereocenters. The van der Waals surface area contributed by atoms with E-state index in [1.807, 2.05) is 18.2 Å². The van der Waals surface area contributed by atoms with Gasteiger partial charge in [0.05, 0.1) is 23.9 Å². The number of ether oxygens (including phenoxy) is 1. The van der Waals surface area contributed by atoms with Gasteiger partial charge in [0.2, 0.25) is 0 Å². The smallest absolute Gasteiger partial charge is 0.251 e. The second kappa shape index (κ2) is 8.88. The average Bonchev–Trinajstić information content (AvgIpc) is 2.63. The van der Waals surface area contributed by atoms with E-state index in [1.165, 1.54) is 19.3 Å². The molecule has 1 amide bonds. The van der Waals surface area contributed by atoms with Gasteiger partial charge in [-0.2, -0.15) is 0 Å². The largest absolute Gasteiger partial charge is 0.379 e. The summed E-state index contributed by atoms with van der Waals surface area (Å²) in [4.78, 5) is 17.2. The van der Waals surface area contributed by atoms with Gasteiger partial charge in [0.25, 0.3) is 5.91 Å². The van der Waals surface area contributed by atoms with Crippen molar-refractivity contribution in [3.63, 3.8) is 0 Å². The molecule has 3 rings (SSSR count). The lowest BCUT2D eigenvalue weighted by atomic mass is 10.1. The summed E-state index contributed by atoms with van der Waals surface area (Å²) >= 11 is 6.38. The zero-order valence-corrected chi connectivity index (χ0v) is 15.7. The van der Waals surface area contributed by atoms with Gasteiger partial charge in [0.1, 0.15) is 0 Å². The Kier molecular flexibility index (Phi) is 6.57. The van der Waals surface area contributed by atoms with Crippen LogP contribution in [0.3, 0.4) is 0 Å². The van der Waals surface area contributed by atoms with Crippen molar-refractivity contribution in [2.75, 3.05) is 50.8 Å². The van der Waals surface area contributed by atoms with Gasteiger partial charge < -0.3 is 15.0 Å². The van der Waals surface area contributed by atoms with Gasteiger partial charge in [-0.05, 0) is 44.4 Å². The first-order valence-electron chi connectivity index (χ1n) is 9.29. The Morgan fingerprint density at radius 2 is 1.92 bits per heavy atom. The molecule has 2 aliphatic rings. The van der Waals surface area contributed by atoms with Crippen LogP contribution in [0.15, 0.2) is 18.2 Å². The third kappa shape index (κ3) is 5.09. The van der Waals surface area contributed by atoms with E-state index in [0.29, 0.717) is 5.56 Å². The van der Waals surface area contributed by atoms with Gasteiger partial charge in [-0.25, -0.2) is 0 Å². The van der Waals surface area contributed by atoms with E-state index in [0.717, 1.165) is 56.6 Å². The fourth-order valence-corrected chi connectivity index (χ4v) is 3.79. The second-order valence-corrected chi connectivity index (χ2v) is 7.41. The molecule has 2 heterocycles. The van der Waals surface area contributed by atoms with Crippen molar-refractivity contribution in [2.45, 2.75) is 32.2 Å². The standard InChI is InChI=1S/C19H28ClN3O2/c1-15(14-22-9-11-25-12-10-22)21-19(24)16-5-6-17(20)18(13-16)23-7-3-2-4-8-23/h5-6,13,15H,2-4,7-12,14H2,1H3,(H,21,24)/t15-/m1/s1. The zero-order chi connectivity index (χ0) is 17.6. The van der Waals surface area contributed by atoms with Gasteiger partial charge >= 0.3 is 0 Å². The number of hydrogen-bond acceptors (Lipinski definition) is 4. The molecule has 6 heteroatoms. The number of halogens is 1. The van der Waals surface area contributed by atoms with Crippen LogP contribution in [0.5, 0.6) is 0 Å². The fourth-order valence-electron chi connectivity index (χ4n) is 3.55. The minimum Gasteiger partial charge on any atom is -0.379 e. The summed E-state index contributed by atoms with van der Waals surface area (Å²) in [5, 5.41) is 3.83. The third-order valence-electron chi connectivity index (χ3n) is 4.92. The summed E-state index contributed by atoms with van der Waals surface area (Å²) in [6.07, 6.45) is 3.64. The molecule has 1 N–H and O–H groups in total. The summed E-state index contributed by atoms with van der Waals surface area (Å²) in [6, 6.07) is 5.68. The van der Waals surface area contributed by atoms with Crippen molar-refractivity contribution in [1.29, 1.82) is 0 Å². The number of amides is 1. The molecule has 1 aromatic rings. The van der Waals surface area contributed by atoms with Crippen LogP contribution in [0.4, 0.5) is 5.69 Å². The molecule has 2 aliphatic heterocycles. The highest BCUT2D eigenvalue weighted by molar-refractivity contribution is 6.33. The monoisotopic (exact) mass is 365 g/mol. The first-order valence-corrected chi connectivity index (χ1v) is 9.67. The van der Waals surface area contributed by atoms with Crippen molar-refractivity contribution in [3.8, 4) is 0 Å². The van der Waals surface area contributed by atoms with E-state index >= 15 is 0 Å². The van der Waals surface area contributed by atoms with E-state index in [9.17, 15) is 4.79 Å². The predicted molar refractivity (Wildman–Crippen MR) is 102 cm³/mol. The Morgan fingerprint density at radius 1 is 1.20 bits per heavy atom. The molecule has 2 saturated heterocycles. The van der Waals surface area contributed by atoms with E-state index < -0.39 is 0 Å². The summed E-state index contributed by atoms with van der Waals surface area (Å²) < 4.78 is 5.37. The Balaban J connectivity index is 1.61. The van der Waals surface area contributed by atoms with Gasteiger partial charge in [-0.3, -0.25) is 9.69 Å². The molecule has 138 valence electrons. The van der Waals surface area contributed by atoms with Crippen LogP contribution in [0.25, 0.3) is 0 Å². The lowest BCUT2D eigenvalue weighted by molar-refractivity contribution is 0.0342. The fraction of sp³-hybridized carbons (Fsp3) is 0.632. The van der Waals surface area contributed by atoms with Crippen LogP contribution >= 0.6 is 11.6 Å². The van der Waals surface area contributed by atoms with E-state index in [2.05, 4.69) is 22.0 Å². The molecule has 0 aliphatic carbocycles. The molecule has 0 bridgehead atoms. The van der Waals surface area contributed by atoms with Crippen LogP contribution in [0.2, 0.25) is 5.02 Å². The molecule has 0 radical (unpaired) electrons. The number of piperidine rings is 1. The summed E-state index contributed by atoms with van der Waals surface area (Å²) in [6.45, 7) is 8.33. The molecular weight excluding hydrogens is 338 g/mol. The molecule has 5 nitrogen and oxygen atoms in total. The third-order valence-corrected chi connectivity index (χ3v) is 5.24. The summed E-state index contributed by atoms with van der Waals surface area (Å²) in [5.74, 6) is -0.0318. The summed E-state index contributed by atoms with van der Waals surface area (Å²) in [7, 11) is 0. The zero-order valence-electron chi connectivity index (χ0n) is 15.0. The maximum atomic E-state index is 12.6. The predicted octanol–water partition coefficient (Wildman–Crippen LogP) is 2.78. The molecule has 1 atom stereocenters. The number of nitrogens with one attached hydrogen (secondary N) is 1. The van der Waals surface area contributed by atoms with Gasteiger partial charge in [-0.15, -0.1) is 0 Å². The highest BCUT2D eigenvalue weighted by Crippen LogP contribution is 2.29. The van der Waals surface area contributed by atoms with Gasteiger partial charge in [-0.1, -0.05) is 11.6 Å². The van der Waals surface area contributed by atoms with Crippen molar-refractivity contribution in [1.82, 2.24) is 10.2 Å². The number of anilines is 1. The molecule has 2 fully saturated rings. The van der Waals surface area contributed by atoms with E-state index in [4.69, 9.17) is 16.3 Å². The first-order chi connectivity index (χ1) is 12.1. The van der Waals surface area contributed by atoms with Crippen molar-refractivity contribution in [3.05, 3.63) is 28.8 Å². The average molecular weight is 366 g/mol. The number of nitrogens with zero attached hydrogens (tertiary/aromatic N) is 2. The Bertz CT molecular complexity index is 584. The molecule has 25 heavy (non-hydrogen) atoms. The number of morpholine rings is 1. The quantitative estimate of drug-likeness (QED) is 0.871. The molecule has 0 saturated carbocycles. The minimum absolute atomic E-state index is 0.0318. The van der Waals surface area contributed by atoms with Crippen molar-refractivity contribution in [2.24, 2.45) is 0 Å². The normalized spacial score (nSPS) is 20.3. The lowest BCUT2D eigenvalue weighted by Gasteiger charge is -2.30. The lowest BCUT2D eigenvalue weighted by Crippen LogP contribution is -2.46. The van der Waals surface area contributed by atoms with E-state index in [-0.39, 0.29) is 11.9 Å². The molecular formula is C19H28ClN3O2. The summed E-state index contributed by atoms with van der Waals surface area (Å²) in [5.41, 5.74) is 1.66. The van der Waals surface area contributed by atoms with Crippen LogP contribution in [-0.2, 0) is 4.74 Å². The van der Waals surface area contributed by atoms with Crippen LogP contribution in [0, 0.1) is 0 Å². The Labute approximate surface area is 155 Å². The van der Waals surface area contributed by atoms with Crippen LogP contribution in [0.1, 0.15) is 36.5 Å². The maximum Gasteiger partial charge on any atom is 0.251 e. The number of rotatable bonds is 5. The van der Waals surface area contributed by atoms with Gasteiger partial charge in [0.15, 0.2) is 0 Å². The minimum atomic E-state index is -0.0318. The Morgan fingerprint density at radius 3 is 2.64 bits per heavy atom. The van der Waals surface area contributed by atoms with Gasteiger partial charge in [0, 0.05) is 44.3 Å². The number of carbonyl (C=O) groups excluding carboxylic acids is 1. The van der Waals surface area contributed by atoms with Crippen LogP contribution < -0.4 is 10.2 Å².